The van der Waals surface area contributed by atoms with Crippen molar-refractivity contribution in [1.29, 1.82) is 0 Å². The van der Waals surface area contributed by atoms with Crippen LogP contribution in [0.25, 0.3) is 0 Å². The van der Waals surface area contributed by atoms with Crippen LogP contribution in [0.3, 0.4) is 0 Å². The average molecular weight is 577 g/mol. The SMILES string of the molecule is CCC(=O)OCOC(=S)c1ccccc1.Cl.NCc1ccco1.N[SH](=O)=O.OC(=S)c1ccccc1. The molecule has 198 valence electrons. The molecule has 0 aliphatic heterocycles. The number of benzene rings is 2. The molecule has 0 atom stereocenters. The summed E-state index contributed by atoms with van der Waals surface area (Å²) in [5, 5.41) is 13.1. The minimum Gasteiger partial charge on any atom is -0.499 e. The third-order valence-corrected chi connectivity index (χ3v) is 4.10. The molecule has 9 nitrogen and oxygen atoms in total. The molecule has 0 unspecified atom stereocenters. The van der Waals surface area contributed by atoms with Gasteiger partial charge >= 0.3 is 5.97 Å². The Morgan fingerprint density at radius 2 is 1.44 bits per heavy atom. The number of halogens is 1. The second kappa shape index (κ2) is 22.6. The Bertz CT molecular complexity index is 1060. The second-order valence-electron chi connectivity index (χ2n) is 6.03. The van der Waals surface area contributed by atoms with Crippen molar-refractivity contribution < 1.29 is 32.2 Å². The van der Waals surface area contributed by atoms with E-state index in [-0.39, 0.29) is 30.2 Å². The van der Waals surface area contributed by atoms with Gasteiger partial charge in [0.25, 0.3) is 0 Å². The van der Waals surface area contributed by atoms with Crippen LogP contribution in [0.2, 0.25) is 0 Å². The van der Waals surface area contributed by atoms with E-state index in [9.17, 15) is 4.79 Å². The number of esters is 1. The Hall–Kier alpha value is -2.87. The number of thiocarbonyl (C=S) groups is 2. The Morgan fingerprint density at radius 3 is 1.78 bits per heavy atom. The molecule has 0 saturated carbocycles. The van der Waals surface area contributed by atoms with Crippen molar-refractivity contribution in [3.63, 3.8) is 0 Å². The zero-order valence-corrected chi connectivity index (χ0v) is 22.7. The minimum atomic E-state index is -2.62. The third kappa shape index (κ3) is 19.4. The standard InChI is InChI=1S/C11H12O3S.C7H6OS.C5H7NO.ClH.H3NO2S/c1-2-10(12)13-8-14-11(15)9-6-4-3-5-7-9;8-7(9)6-4-2-1-3-5-6;6-4-5-2-1-3-7-5;;1-4(2)3/h3-7H,2,8H2,1H3;1-5H,(H,8,9);1-3H,4,6H2;1H;4H,(H2,1,2,3). The van der Waals surface area contributed by atoms with Crippen molar-refractivity contribution in [2.75, 3.05) is 6.79 Å². The van der Waals surface area contributed by atoms with E-state index in [1.54, 1.807) is 25.3 Å². The molecule has 1 aromatic heterocycles. The minimum absolute atomic E-state index is 0. The van der Waals surface area contributed by atoms with Crippen molar-refractivity contribution in [1.82, 2.24) is 0 Å². The summed E-state index contributed by atoms with van der Waals surface area (Å²) in [6.45, 7) is 2.09. The fraction of sp³-hybridized carbons (Fsp3) is 0.174. The smallest absolute Gasteiger partial charge is 0.308 e. The molecule has 0 aliphatic carbocycles. The van der Waals surface area contributed by atoms with Gasteiger partial charge in [-0.2, -0.15) is 0 Å². The predicted molar refractivity (Wildman–Crippen MR) is 150 cm³/mol. The Labute approximate surface area is 228 Å². The van der Waals surface area contributed by atoms with Crippen molar-refractivity contribution in [2.45, 2.75) is 19.9 Å². The fourth-order valence-corrected chi connectivity index (χ4v) is 2.24. The van der Waals surface area contributed by atoms with E-state index < -0.39 is 10.9 Å². The highest BCUT2D eigenvalue weighted by Crippen LogP contribution is 2.02. The lowest BCUT2D eigenvalue weighted by Crippen LogP contribution is -2.11. The molecule has 0 amide bonds. The van der Waals surface area contributed by atoms with E-state index in [0.29, 0.717) is 23.6 Å². The summed E-state index contributed by atoms with van der Waals surface area (Å²) in [7, 11) is -2.62. The highest BCUT2D eigenvalue weighted by molar-refractivity contribution is 7.80. The van der Waals surface area contributed by atoms with Gasteiger partial charge in [-0.1, -0.05) is 67.6 Å². The largest absolute Gasteiger partial charge is 0.499 e. The highest BCUT2D eigenvalue weighted by Gasteiger charge is 2.02. The Morgan fingerprint density at radius 1 is 0.944 bits per heavy atom. The highest BCUT2D eigenvalue weighted by atomic mass is 35.5. The number of aliphatic hydroxyl groups is 1. The van der Waals surface area contributed by atoms with Crippen LogP contribution in [0, 0.1) is 0 Å². The van der Waals surface area contributed by atoms with Gasteiger partial charge in [0, 0.05) is 17.5 Å². The van der Waals surface area contributed by atoms with E-state index in [0.717, 1.165) is 11.3 Å². The van der Waals surface area contributed by atoms with Crippen molar-refractivity contribution in [3.8, 4) is 0 Å². The summed E-state index contributed by atoms with van der Waals surface area (Å²) in [4.78, 5) is 10.8. The summed E-state index contributed by atoms with van der Waals surface area (Å²) in [5.74, 6) is 0.533. The van der Waals surface area contributed by atoms with Crippen LogP contribution in [0.4, 0.5) is 0 Å². The lowest BCUT2D eigenvalue weighted by atomic mass is 10.2. The Kier molecular flexibility index (Phi) is 22.1. The maximum Gasteiger partial charge on any atom is 0.308 e. The van der Waals surface area contributed by atoms with Gasteiger partial charge < -0.3 is 24.7 Å². The molecule has 0 aliphatic rings. The molecule has 0 bridgehead atoms. The first-order valence-electron chi connectivity index (χ1n) is 9.98. The monoisotopic (exact) mass is 576 g/mol. The van der Waals surface area contributed by atoms with Crippen LogP contribution in [0.15, 0.2) is 83.5 Å². The number of hydrogen-bond donors (Lipinski definition) is 4. The van der Waals surface area contributed by atoms with Crippen LogP contribution >= 0.6 is 36.8 Å². The van der Waals surface area contributed by atoms with E-state index in [1.165, 1.54) is 0 Å². The maximum atomic E-state index is 10.8. The normalized spacial score (nSPS) is 8.89. The number of nitrogens with two attached hydrogens (primary N) is 2. The van der Waals surface area contributed by atoms with Crippen molar-refractivity contribution >= 4 is 63.8 Å². The van der Waals surface area contributed by atoms with Crippen LogP contribution in [-0.4, -0.2) is 36.4 Å². The zero-order chi connectivity index (χ0) is 26.5. The first kappa shape index (κ1) is 35.3. The topological polar surface area (TPSA) is 155 Å². The third-order valence-electron chi connectivity index (χ3n) is 3.51. The summed E-state index contributed by atoms with van der Waals surface area (Å²) in [6, 6.07) is 22.0. The van der Waals surface area contributed by atoms with E-state index in [4.69, 9.17) is 45.4 Å². The number of carbonyl (C=O) groups is 1. The molecular formula is C23H29ClN2O7S3. The fourth-order valence-electron chi connectivity index (χ4n) is 1.92. The van der Waals surface area contributed by atoms with Gasteiger partial charge in [0.1, 0.15) is 5.76 Å². The summed E-state index contributed by atoms with van der Waals surface area (Å²) in [6.07, 6.45) is 1.95. The van der Waals surface area contributed by atoms with Gasteiger partial charge in [0.2, 0.25) is 6.79 Å². The van der Waals surface area contributed by atoms with E-state index in [2.05, 4.69) is 17.4 Å². The molecule has 1 heterocycles. The lowest BCUT2D eigenvalue weighted by Gasteiger charge is -2.07. The predicted octanol–water partition coefficient (Wildman–Crippen LogP) is 3.84. The zero-order valence-electron chi connectivity index (χ0n) is 19.4. The Balaban J connectivity index is 0. The molecule has 13 heteroatoms. The molecule has 0 radical (unpaired) electrons. The van der Waals surface area contributed by atoms with Gasteiger partial charge in [-0.15, -0.1) is 12.4 Å². The number of carbonyl (C=O) groups excluding carboxylic acids is 1. The molecule has 3 aromatic rings. The van der Waals surface area contributed by atoms with Crippen LogP contribution in [0.1, 0.15) is 30.2 Å². The summed E-state index contributed by atoms with van der Waals surface area (Å²) < 4.78 is 32.3. The molecule has 3 rings (SSSR count). The quantitative estimate of drug-likeness (QED) is 0.147. The van der Waals surface area contributed by atoms with Gasteiger partial charge in [-0.25, -0.2) is 13.6 Å². The van der Waals surface area contributed by atoms with Gasteiger partial charge in [0.05, 0.1) is 12.8 Å². The van der Waals surface area contributed by atoms with Crippen LogP contribution in [-0.2, 0) is 31.7 Å². The molecule has 5 N–H and O–H groups in total. The van der Waals surface area contributed by atoms with Crippen molar-refractivity contribution in [2.24, 2.45) is 10.9 Å². The summed E-state index contributed by atoms with van der Waals surface area (Å²) in [5.41, 5.74) is 6.71. The molecule has 2 aromatic carbocycles. The van der Waals surface area contributed by atoms with Gasteiger partial charge in [-0.3, -0.25) is 4.79 Å². The molecular weight excluding hydrogens is 548 g/mol. The maximum absolute atomic E-state index is 10.8. The van der Waals surface area contributed by atoms with Gasteiger partial charge in [0.15, 0.2) is 21.0 Å². The van der Waals surface area contributed by atoms with Crippen molar-refractivity contribution in [3.05, 3.63) is 95.9 Å². The molecule has 0 fully saturated rings. The molecule has 0 saturated heterocycles. The number of aliphatic hydroxyl groups excluding tert-OH is 1. The number of thiol groups is 1. The molecule has 36 heavy (non-hydrogen) atoms. The first-order chi connectivity index (χ1) is 16.7. The lowest BCUT2D eigenvalue weighted by molar-refractivity contribution is -0.150. The summed E-state index contributed by atoms with van der Waals surface area (Å²) >= 11 is 9.51. The number of rotatable bonds is 6. The average Bonchev–Trinajstić information content (AvgIpc) is 3.39. The second-order valence-corrected chi connectivity index (χ2v) is 7.35. The van der Waals surface area contributed by atoms with E-state index in [1.807, 2.05) is 60.7 Å². The van der Waals surface area contributed by atoms with Gasteiger partial charge in [-0.05, 0) is 36.6 Å². The molecule has 0 spiro atoms. The number of ether oxygens (including phenoxy) is 2. The number of hydrogen-bond acceptors (Lipinski definition) is 9. The first-order valence-corrected chi connectivity index (χ1v) is 12.0. The van der Waals surface area contributed by atoms with E-state index >= 15 is 0 Å². The van der Waals surface area contributed by atoms with Crippen LogP contribution < -0.4 is 10.9 Å². The number of furan rings is 1. The van der Waals surface area contributed by atoms with Crippen LogP contribution in [0.5, 0.6) is 0 Å².